The van der Waals surface area contributed by atoms with Crippen molar-refractivity contribution in [3.63, 3.8) is 0 Å². The van der Waals surface area contributed by atoms with E-state index in [9.17, 15) is 9.59 Å². The van der Waals surface area contributed by atoms with Gasteiger partial charge in [-0.3, -0.25) is 9.59 Å². The highest BCUT2D eigenvalue weighted by atomic mass is 16.2. The van der Waals surface area contributed by atoms with Crippen LogP contribution in [0, 0.1) is 0 Å². The van der Waals surface area contributed by atoms with Crippen LogP contribution in [0.1, 0.15) is 26.7 Å². The van der Waals surface area contributed by atoms with Gasteiger partial charge in [0.15, 0.2) is 0 Å². The van der Waals surface area contributed by atoms with Gasteiger partial charge in [-0.05, 0) is 50.2 Å². The molecule has 0 aliphatic heterocycles. The Kier molecular flexibility index (Phi) is 5.12. The second-order valence-electron chi connectivity index (χ2n) is 3.91. The summed E-state index contributed by atoms with van der Waals surface area (Å²) < 4.78 is 0. The van der Waals surface area contributed by atoms with Crippen LogP contribution in [0.15, 0.2) is 23.8 Å². The standard InChI is InChI=1S/C13H19NO2/c1-3-14(4-2)9-5-6-11-7-8-12(15)13(16)10-11/h7-8,10H,3-6,9H2,1-2H3. The Morgan fingerprint density at radius 3 is 2.31 bits per heavy atom. The van der Waals surface area contributed by atoms with Crippen molar-refractivity contribution in [3.05, 3.63) is 23.8 Å². The van der Waals surface area contributed by atoms with Crippen molar-refractivity contribution in [2.45, 2.75) is 26.7 Å². The minimum atomic E-state index is -0.410. The summed E-state index contributed by atoms with van der Waals surface area (Å²) in [6.07, 6.45) is 6.48. The third kappa shape index (κ3) is 3.74. The van der Waals surface area contributed by atoms with Crippen molar-refractivity contribution in [1.29, 1.82) is 0 Å². The smallest absolute Gasteiger partial charge is 0.225 e. The van der Waals surface area contributed by atoms with Crippen molar-refractivity contribution in [3.8, 4) is 0 Å². The zero-order valence-electron chi connectivity index (χ0n) is 10.0. The van der Waals surface area contributed by atoms with Crippen molar-refractivity contribution < 1.29 is 9.59 Å². The molecule has 0 spiro atoms. The van der Waals surface area contributed by atoms with Gasteiger partial charge in [0.05, 0.1) is 0 Å². The fourth-order valence-corrected chi connectivity index (χ4v) is 1.75. The summed E-state index contributed by atoms with van der Waals surface area (Å²) >= 11 is 0. The lowest BCUT2D eigenvalue weighted by molar-refractivity contribution is -0.131. The Morgan fingerprint density at radius 2 is 1.75 bits per heavy atom. The summed E-state index contributed by atoms with van der Waals surface area (Å²) in [6.45, 7) is 7.45. The molecule has 1 rings (SSSR count). The van der Waals surface area contributed by atoms with E-state index in [2.05, 4.69) is 18.7 Å². The second kappa shape index (κ2) is 6.38. The molecule has 1 aliphatic rings. The highest BCUT2D eigenvalue weighted by Crippen LogP contribution is 2.11. The summed E-state index contributed by atoms with van der Waals surface area (Å²) in [6, 6.07) is 0. The second-order valence-corrected chi connectivity index (χ2v) is 3.91. The van der Waals surface area contributed by atoms with Crippen LogP contribution in [0.3, 0.4) is 0 Å². The molecule has 16 heavy (non-hydrogen) atoms. The molecule has 88 valence electrons. The van der Waals surface area contributed by atoms with Crippen LogP contribution in [0.4, 0.5) is 0 Å². The van der Waals surface area contributed by atoms with E-state index in [1.807, 2.05) is 0 Å². The molecule has 0 aromatic heterocycles. The summed E-state index contributed by atoms with van der Waals surface area (Å²) in [7, 11) is 0. The molecule has 0 aromatic rings. The van der Waals surface area contributed by atoms with Crippen LogP contribution in [0.5, 0.6) is 0 Å². The first-order chi connectivity index (χ1) is 7.67. The number of carbonyl (C=O) groups excluding carboxylic acids is 2. The molecule has 0 amide bonds. The number of nitrogens with zero attached hydrogens (tertiary/aromatic N) is 1. The van der Waals surface area contributed by atoms with Crippen LogP contribution in [-0.2, 0) is 9.59 Å². The van der Waals surface area contributed by atoms with E-state index in [4.69, 9.17) is 0 Å². The monoisotopic (exact) mass is 221 g/mol. The molecule has 0 saturated carbocycles. The van der Waals surface area contributed by atoms with E-state index < -0.39 is 5.78 Å². The van der Waals surface area contributed by atoms with Crippen LogP contribution in [0.2, 0.25) is 0 Å². The molecule has 0 radical (unpaired) electrons. The Labute approximate surface area is 96.8 Å². The Morgan fingerprint density at radius 1 is 1.06 bits per heavy atom. The van der Waals surface area contributed by atoms with Crippen LogP contribution < -0.4 is 0 Å². The van der Waals surface area contributed by atoms with Gasteiger partial charge in [0.25, 0.3) is 0 Å². The highest BCUT2D eigenvalue weighted by molar-refractivity contribution is 6.46. The SMILES string of the molecule is CCN(CC)CCCC1=CC(=O)C(=O)C=C1. The topological polar surface area (TPSA) is 37.4 Å². The molecule has 0 heterocycles. The van der Waals surface area contributed by atoms with Gasteiger partial charge in [-0.2, -0.15) is 0 Å². The van der Waals surface area contributed by atoms with Crippen molar-refractivity contribution in [2.75, 3.05) is 19.6 Å². The molecule has 0 fully saturated rings. The molecule has 3 heteroatoms. The molecule has 0 N–H and O–H groups in total. The average Bonchev–Trinajstić information content (AvgIpc) is 2.29. The van der Waals surface area contributed by atoms with E-state index in [1.165, 1.54) is 12.2 Å². The van der Waals surface area contributed by atoms with Gasteiger partial charge in [-0.1, -0.05) is 19.9 Å². The van der Waals surface area contributed by atoms with Gasteiger partial charge in [0.1, 0.15) is 0 Å². The normalized spacial score (nSPS) is 15.8. The maximum atomic E-state index is 11.1. The summed E-state index contributed by atoms with van der Waals surface area (Å²) in [5.41, 5.74) is 0.969. The maximum Gasteiger partial charge on any atom is 0.225 e. The number of carbonyl (C=O) groups is 2. The maximum absolute atomic E-state index is 11.1. The van der Waals surface area contributed by atoms with Gasteiger partial charge >= 0.3 is 0 Å². The quantitative estimate of drug-likeness (QED) is 0.506. The van der Waals surface area contributed by atoms with Gasteiger partial charge in [0, 0.05) is 0 Å². The lowest BCUT2D eigenvalue weighted by Crippen LogP contribution is -2.24. The minimum Gasteiger partial charge on any atom is -0.304 e. The molecule has 1 aliphatic carbocycles. The van der Waals surface area contributed by atoms with Crippen LogP contribution in [0.25, 0.3) is 0 Å². The van der Waals surface area contributed by atoms with Gasteiger partial charge < -0.3 is 4.90 Å². The number of hydrogen-bond donors (Lipinski definition) is 0. The van der Waals surface area contributed by atoms with Gasteiger partial charge in [-0.15, -0.1) is 0 Å². The van der Waals surface area contributed by atoms with Gasteiger partial charge in [0.2, 0.25) is 11.6 Å². The zero-order valence-corrected chi connectivity index (χ0v) is 10.0. The van der Waals surface area contributed by atoms with Crippen LogP contribution in [-0.4, -0.2) is 36.1 Å². The number of ketones is 2. The molecular formula is C13H19NO2. The Hall–Kier alpha value is -1.22. The minimum absolute atomic E-state index is 0.389. The van der Waals surface area contributed by atoms with E-state index >= 15 is 0 Å². The number of rotatable bonds is 6. The first kappa shape index (κ1) is 12.8. The number of allylic oxidation sites excluding steroid dienone is 4. The third-order valence-electron chi connectivity index (χ3n) is 2.84. The zero-order chi connectivity index (χ0) is 12.0. The molecule has 0 unspecified atom stereocenters. The van der Waals surface area contributed by atoms with Gasteiger partial charge in [-0.25, -0.2) is 0 Å². The van der Waals surface area contributed by atoms with Crippen molar-refractivity contribution in [1.82, 2.24) is 4.90 Å². The summed E-state index contributed by atoms with van der Waals surface area (Å²) in [4.78, 5) is 24.4. The predicted molar refractivity (Wildman–Crippen MR) is 64.3 cm³/mol. The predicted octanol–water partition coefficient (Wildman–Crippen LogP) is 1.74. The molecule has 0 bridgehead atoms. The fourth-order valence-electron chi connectivity index (χ4n) is 1.75. The van der Waals surface area contributed by atoms with E-state index in [-0.39, 0.29) is 5.78 Å². The first-order valence-corrected chi connectivity index (χ1v) is 5.86. The van der Waals surface area contributed by atoms with E-state index in [1.54, 1.807) is 6.08 Å². The lowest BCUT2D eigenvalue weighted by Gasteiger charge is -2.17. The Bertz CT molecular complexity index is 325. The van der Waals surface area contributed by atoms with Crippen LogP contribution >= 0.6 is 0 Å². The first-order valence-electron chi connectivity index (χ1n) is 5.86. The number of hydrogen-bond acceptors (Lipinski definition) is 3. The molecular weight excluding hydrogens is 202 g/mol. The largest absolute Gasteiger partial charge is 0.304 e. The highest BCUT2D eigenvalue weighted by Gasteiger charge is 2.12. The molecule has 0 aromatic carbocycles. The molecule has 0 atom stereocenters. The van der Waals surface area contributed by atoms with E-state index in [0.717, 1.165) is 38.0 Å². The van der Waals surface area contributed by atoms with Crippen molar-refractivity contribution in [2.24, 2.45) is 0 Å². The summed E-state index contributed by atoms with van der Waals surface area (Å²) in [5, 5.41) is 0. The fraction of sp³-hybridized carbons (Fsp3) is 0.538. The lowest BCUT2D eigenvalue weighted by atomic mass is 10.0. The van der Waals surface area contributed by atoms with Crippen molar-refractivity contribution >= 4 is 11.6 Å². The summed E-state index contributed by atoms with van der Waals surface area (Å²) in [5.74, 6) is -0.798. The third-order valence-corrected chi connectivity index (χ3v) is 2.84. The Balaban J connectivity index is 2.34. The molecule has 0 saturated heterocycles. The van der Waals surface area contributed by atoms with E-state index in [0.29, 0.717) is 0 Å². The molecule has 3 nitrogen and oxygen atoms in total. The average molecular weight is 221 g/mol.